The molecule has 3 nitrogen and oxygen atoms in total. The van der Waals surface area contributed by atoms with E-state index in [4.69, 9.17) is 11.7 Å². The Kier molecular flexibility index (Phi) is 2.44. The second-order valence-electron chi connectivity index (χ2n) is 2.28. The lowest BCUT2D eigenvalue weighted by atomic mass is 10.1. The number of rotatable bonds is 2. The third-order valence-corrected chi connectivity index (χ3v) is 1.48. The largest absolute Gasteiger partial charge is 0.475 e. The number of nitrogens with zero attached hydrogens (tertiary/aromatic N) is 1. The van der Waals surface area contributed by atoms with Crippen molar-refractivity contribution in [3.8, 4) is 0 Å². The van der Waals surface area contributed by atoms with E-state index < -0.39 is 12.0 Å². The Morgan fingerprint density at radius 1 is 1.42 bits per heavy atom. The Hall–Kier alpha value is -1.82. The van der Waals surface area contributed by atoms with Gasteiger partial charge in [-0.05, 0) is 0 Å². The fourth-order valence-electron chi connectivity index (χ4n) is 0.908. The molecule has 0 heterocycles. The minimum Gasteiger partial charge on any atom is -0.475 e. The molecule has 0 bridgehead atoms. The standard InChI is InChI=1S/C9H7NO2/c1-10-8(9(11)12)7-5-3-2-4-6-7/h2-6,8H,(H,11,12). The smallest absolute Gasteiger partial charge is 0.392 e. The molecule has 0 aliphatic rings. The molecule has 0 amide bonds. The van der Waals surface area contributed by atoms with E-state index in [-0.39, 0.29) is 0 Å². The summed E-state index contributed by atoms with van der Waals surface area (Å²) >= 11 is 0. The van der Waals surface area contributed by atoms with Crippen LogP contribution in [-0.4, -0.2) is 11.1 Å². The zero-order valence-corrected chi connectivity index (χ0v) is 6.27. The highest BCUT2D eigenvalue weighted by Gasteiger charge is 2.23. The third-order valence-electron chi connectivity index (χ3n) is 1.48. The van der Waals surface area contributed by atoms with Crippen molar-refractivity contribution in [3.63, 3.8) is 0 Å². The topological polar surface area (TPSA) is 41.7 Å². The molecule has 1 unspecified atom stereocenters. The molecule has 0 saturated heterocycles. The van der Waals surface area contributed by atoms with Crippen LogP contribution in [0.4, 0.5) is 0 Å². The minimum atomic E-state index is -1.10. The first-order valence-electron chi connectivity index (χ1n) is 3.40. The molecule has 1 aromatic rings. The molecule has 3 heteroatoms. The fourth-order valence-corrected chi connectivity index (χ4v) is 0.908. The molecule has 0 radical (unpaired) electrons. The second kappa shape index (κ2) is 3.54. The first-order chi connectivity index (χ1) is 5.75. The molecule has 1 atom stereocenters. The van der Waals surface area contributed by atoms with Crippen LogP contribution in [0.15, 0.2) is 30.3 Å². The third kappa shape index (κ3) is 1.61. The van der Waals surface area contributed by atoms with Crippen LogP contribution in [0, 0.1) is 6.57 Å². The summed E-state index contributed by atoms with van der Waals surface area (Å²) in [4.78, 5) is 13.5. The van der Waals surface area contributed by atoms with Crippen LogP contribution in [0.25, 0.3) is 4.85 Å². The van der Waals surface area contributed by atoms with Crippen LogP contribution in [0.5, 0.6) is 0 Å². The number of aliphatic carboxylic acids is 1. The van der Waals surface area contributed by atoms with E-state index in [1.165, 1.54) is 0 Å². The van der Waals surface area contributed by atoms with Gasteiger partial charge in [-0.1, -0.05) is 30.3 Å². The number of benzene rings is 1. The molecule has 0 aliphatic heterocycles. The lowest BCUT2D eigenvalue weighted by Crippen LogP contribution is -2.06. The average Bonchev–Trinajstić information content (AvgIpc) is 2.07. The van der Waals surface area contributed by atoms with Gasteiger partial charge in [-0.15, -0.1) is 0 Å². The fraction of sp³-hybridized carbons (Fsp3) is 0.111. The summed E-state index contributed by atoms with van der Waals surface area (Å²) in [6.45, 7) is 6.67. The highest BCUT2D eigenvalue weighted by atomic mass is 16.4. The van der Waals surface area contributed by atoms with Gasteiger partial charge in [0.2, 0.25) is 0 Å². The maximum atomic E-state index is 10.5. The lowest BCUT2D eigenvalue weighted by Gasteiger charge is -1.98. The monoisotopic (exact) mass is 161 g/mol. The molecular formula is C9H7NO2. The predicted molar refractivity (Wildman–Crippen MR) is 43.4 cm³/mol. The number of carbonyl (C=O) groups is 1. The zero-order valence-electron chi connectivity index (χ0n) is 6.27. The molecule has 1 rings (SSSR count). The van der Waals surface area contributed by atoms with Gasteiger partial charge in [0, 0.05) is 5.56 Å². The van der Waals surface area contributed by atoms with Gasteiger partial charge in [-0.3, -0.25) is 4.85 Å². The van der Waals surface area contributed by atoms with Gasteiger partial charge >= 0.3 is 12.0 Å². The van der Waals surface area contributed by atoms with Crippen LogP contribution in [0.3, 0.4) is 0 Å². The highest BCUT2D eigenvalue weighted by Crippen LogP contribution is 2.16. The zero-order chi connectivity index (χ0) is 8.97. The molecule has 60 valence electrons. The number of carboxylic acid groups (broad SMARTS) is 1. The molecule has 1 aromatic carbocycles. The Labute approximate surface area is 70.1 Å². The maximum Gasteiger partial charge on any atom is 0.392 e. The van der Waals surface area contributed by atoms with Crippen LogP contribution >= 0.6 is 0 Å². The summed E-state index contributed by atoms with van der Waals surface area (Å²) in [7, 11) is 0. The summed E-state index contributed by atoms with van der Waals surface area (Å²) in [5.74, 6) is -1.10. The molecule has 0 aromatic heterocycles. The Bertz CT molecular complexity index is 313. The minimum absolute atomic E-state index is 0.528. The van der Waals surface area contributed by atoms with Crippen molar-refractivity contribution in [2.45, 2.75) is 6.04 Å². The summed E-state index contributed by atoms with van der Waals surface area (Å²) in [6.07, 6.45) is 0. The molecule has 12 heavy (non-hydrogen) atoms. The van der Waals surface area contributed by atoms with Crippen molar-refractivity contribution in [2.24, 2.45) is 0 Å². The van der Waals surface area contributed by atoms with Crippen LogP contribution in [-0.2, 0) is 4.79 Å². The van der Waals surface area contributed by atoms with Crippen molar-refractivity contribution in [3.05, 3.63) is 47.3 Å². The summed E-state index contributed by atoms with van der Waals surface area (Å²) in [6, 6.07) is 7.43. The summed E-state index contributed by atoms with van der Waals surface area (Å²) < 4.78 is 0. The Morgan fingerprint density at radius 3 is 2.42 bits per heavy atom. The van der Waals surface area contributed by atoms with Gasteiger partial charge in [0.25, 0.3) is 0 Å². The number of carboxylic acids is 1. The van der Waals surface area contributed by atoms with Gasteiger partial charge in [-0.25, -0.2) is 11.4 Å². The molecule has 0 spiro atoms. The first kappa shape index (κ1) is 8.28. The summed E-state index contributed by atoms with van der Waals surface area (Å²) in [5.41, 5.74) is 0.528. The van der Waals surface area contributed by atoms with Gasteiger partial charge in [-0.2, -0.15) is 0 Å². The molecule has 0 fully saturated rings. The Balaban J connectivity index is 2.98. The van der Waals surface area contributed by atoms with Crippen molar-refractivity contribution in [1.29, 1.82) is 0 Å². The first-order valence-corrected chi connectivity index (χ1v) is 3.40. The van der Waals surface area contributed by atoms with Gasteiger partial charge in [0.05, 0.1) is 0 Å². The van der Waals surface area contributed by atoms with Gasteiger partial charge in [0.15, 0.2) is 0 Å². The molecule has 0 aliphatic carbocycles. The SMILES string of the molecule is [C-]#[N+]C(C(=O)O)c1ccccc1. The van der Waals surface area contributed by atoms with E-state index >= 15 is 0 Å². The van der Waals surface area contributed by atoms with E-state index in [2.05, 4.69) is 4.85 Å². The van der Waals surface area contributed by atoms with Crippen molar-refractivity contribution in [1.82, 2.24) is 0 Å². The normalized spacial score (nSPS) is 11.6. The van der Waals surface area contributed by atoms with Crippen LogP contribution < -0.4 is 0 Å². The number of hydrogen-bond donors (Lipinski definition) is 1. The molecule has 1 N–H and O–H groups in total. The summed E-state index contributed by atoms with van der Waals surface area (Å²) in [5, 5.41) is 8.61. The highest BCUT2D eigenvalue weighted by molar-refractivity contribution is 5.77. The van der Waals surface area contributed by atoms with Crippen molar-refractivity contribution >= 4 is 5.97 Å². The number of hydrogen-bond acceptors (Lipinski definition) is 1. The maximum absolute atomic E-state index is 10.5. The van der Waals surface area contributed by atoms with Gasteiger partial charge < -0.3 is 5.11 Å². The van der Waals surface area contributed by atoms with E-state index in [1.807, 2.05) is 0 Å². The quantitative estimate of drug-likeness (QED) is 0.671. The lowest BCUT2D eigenvalue weighted by molar-refractivity contribution is -0.137. The van der Waals surface area contributed by atoms with E-state index in [1.54, 1.807) is 30.3 Å². The van der Waals surface area contributed by atoms with E-state index in [0.717, 1.165) is 0 Å². The predicted octanol–water partition coefficient (Wildman–Crippen LogP) is 1.73. The molecule has 0 saturated carbocycles. The molecular weight excluding hydrogens is 154 g/mol. The van der Waals surface area contributed by atoms with Crippen molar-refractivity contribution in [2.75, 3.05) is 0 Å². The average molecular weight is 161 g/mol. The van der Waals surface area contributed by atoms with Crippen molar-refractivity contribution < 1.29 is 9.90 Å². The van der Waals surface area contributed by atoms with E-state index in [9.17, 15) is 4.79 Å². The van der Waals surface area contributed by atoms with Gasteiger partial charge in [0.1, 0.15) is 0 Å². The van der Waals surface area contributed by atoms with Crippen LogP contribution in [0.1, 0.15) is 11.6 Å². The second-order valence-corrected chi connectivity index (χ2v) is 2.28. The van der Waals surface area contributed by atoms with Crippen LogP contribution in [0.2, 0.25) is 0 Å². The van der Waals surface area contributed by atoms with E-state index in [0.29, 0.717) is 5.56 Å². The Morgan fingerprint density at radius 2 is 2.00 bits per heavy atom.